The van der Waals surface area contributed by atoms with Crippen molar-refractivity contribution in [1.29, 1.82) is 0 Å². The fourth-order valence-corrected chi connectivity index (χ4v) is 3.16. The number of benzene rings is 2. The smallest absolute Gasteiger partial charge is 0.191 e. The minimum absolute atomic E-state index is 0.629. The third kappa shape index (κ3) is 6.43. The number of guanidine groups is 1. The number of aliphatic imine (C=N–C) groups is 1. The second kappa shape index (κ2) is 10.5. The average molecular weight is 396 g/mol. The zero-order chi connectivity index (χ0) is 19.6. The Balaban J connectivity index is 1.56. The molecule has 146 valence electrons. The first-order valence-electron chi connectivity index (χ1n) is 9.53. The van der Waals surface area contributed by atoms with Crippen molar-refractivity contribution in [3.05, 3.63) is 89.0 Å². The second-order valence-corrected chi connectivity index (χ2v) is 6.99. The summed E-state index contributed by atoms with van der Waals surface area (Å²) in [5.74, 6) is 0.824. The lowest BCUT2D eigenvalue weighted by molar-refractivity contribution is 0.791. The van der Waals surface area contributed by atoms with Crippen molar-refractivity contribution in [3.63, 3.8) is 0 Å². The Bertz CT molecular complexity index is 889. The Morgan fingerprint density at radius 2 is 1.89 bits per heavy atom. The minimum Gasteiger partial charge on any atom is -0.357 e. The molecule has 0 aliphatic rings. The van der Waals surface area contributed by atoms with Gasteiger partial charge in [0.05, 0.1) is 12.9 Å². The predicted molar refractivity (Wildman–Crippen MR) is 116 cm³/mol. The fraction of sp³-hybridized carbons (Fsp3) is 0.273. The van der Waals surface area contributed by atoms with E-state index in [2.05, 4.69) is 57.4 Å². The van der Waals surface area contributed by atoms with Crippen molar-refractivity contribution >= 4 is 17.6 Å². The lowest BCUT2D eigenvalue weighted by Crippen LogP contribution is -2.38. The fourth-order valence-electron chi connectivity index (χ4n) is 2.95. The maximum Gasteiger partial charge on any atom is 0.191 e. The summed E-state index contributed by atoms with van der Waals surface area (Å²) in [5.41, 5.74) is 3.64. The number of nitrogens with one attached hydrogen (secondary N) is 2. The van der Waals surface area contributed by atoms with Crippen molar-refractivity contribution in [2.24, 2.45) is 4.99 Å². The van der Waals surface area contributed by atoms with Gasteiger partial charge in [0.25, 0.3) is 0 Å². The molecular weight excluding hydrogens is 370 g/mol. The van der Waals surface area contributed by atoms with Gasteiger partial charge in [0, 0.05) is 37.1 Å². The van der Waals surface area contributed by atoms with Gasteiger partial charge in [0.15, 0.2) is 5.96 Å². The lowest BCUT2D eigenvalue weighted by Gasteiger charge is -2.12. The van der Waals surface area contributed by atoms with Gasteiger partial charge in [-0.25, -0.2) is 9.98 Å². The van der Waals surface area contributed by atoms with Crippen molar-refractivity contribution in [3.8, 4) is 0 Å². The molecule has 1 heterocycles. The van der Waals surface area contributed by atoms with E-state index in [4.69, 9.17) is 16.6 Å². The number of aromatic nitrogens is 2. The van der Waals surface area contributed by atoms with E-state index in [1.165, 1.54) is 16.7 Å². The van der Waals surface area contributed by atoms with Crippen LogP contribution in [-0.2, 0) is 19.5 Å². The van der Waals surface area contributed by atoms with Gasteiger partial charge >= 0.3 is 0 Å². The Morgan fingerprint density at radius 3 is 2.68 bits per heavy atom. The summed E-state index contributed by atoms with van der Waals surface area (Å²) < 4.78 is 2.06. The number of halogens is 1. The summed E-state index contributed by atoms with van der Waals surface area (Å²) in [4.78, 5) is 8.81. The predicted octanol–water partition coefficient (Wildman–Crippen LogP) is 3.88. The molecule has 0 aliphatic heterocycles. The highest BCUT2D eigenvalue weighted by Crippen LogP contribution is 2.11. The standard InChI is InChI=1S/C22H26ClN5/c1-2-25-22(26-10-9-18-5-4-8-21(23)14-18)27-15-19-6-3-7-20(13-19)16-28-12-11-24-17-28/h3-8,11-14,17H,2,9-10,15-16H2,1H3,(H2,25,26,27). The normalized spacial score (nSPS) is 11.4. The van der Waals surface area contributed by atoms with Crippen LogP contribution in [0.4, 0.5) is 0 Å². The van der Waals surface area contributed by atoms with Gasteiger partial charge in [-0.2, -0.15) is 0 Å². The molecular formula is C22H26ClN5. The first-order valence-corrected chi connectivity index (χ1v) is 9.91. The van der Waals surface area contributed by atoms with Crippen LogP contribution in [0, 0.1) is 0 Å². The molecule has 0 atom stereocenters. The monoisotopic (exact) mass is 395 g/mol. The molecule has 5 nitrogen and oxygen atoms in total. The maximum atomic E-state index is 6.05. The third-order valence-corrected chi connectivity index (χ3v) is 4.51. The quantitative estimate of drug-likeness (QED) is 0.449. The van der Waals surface area contributed by atoms with Gasteiger partial charge in [0.2, 0.25) is 0 Å². The van der Waals surface area contributed by atoms with Gasteiger partial charge in [-0.15, -0.1) is 0 Å². The van der Waals surface area contributed by atoms with Crippen LogP contribution in [0.2, 0.25) is 5.02 Å². The van der Waals surface area contributed by atoms with Crippen molar-refractivity contribution in [2.75, 3.05) is 13.1 Å². The molecule has 0 bridgehead atoms. The van der Waals surface area contributed by atoms with Crippen LogP contribution in [0.3, 0.4) is 0 Å². The molecule has 0 radical (unpaired) electrons. The molecule has 0 fully saturated rings. The van der Waals surface area contributed by atoms with E-state index in [-0.39, 0.29) is 0 Å². The minimum atomic E-state index is 0.629. The molecule has 3 aromatic rings. The van der Waals surface area contributed by atoms with Gasteiger partial charge in [0.1, 0.15) is 0 Å². The number of nitrogens with zero attached hydrogens (tertiary/aromatic N) is 3. The Kier molecular flexibility index (Phi) is 7.50. The molecule has 2 aromatic carbocycles. The average Bonchev–Trinajstić information content (AvgIpc) is 3.19. The van der Waals surface area contributed by atoms with Crippen LogP contribution in [0.1, 0.15) is 23.6 Å². The maximum absolute atomic E-state index is 6.05. The first kappa shape index (κ1) is 20.0. The van der Waals surface area contributed by atoms with Crippen LogP contribution >= 0.6 is 11.6 Å². The highest BCUT2D eigenvalue weighted by Gasteiger charge is 2.01. The van der Waals surface area contributed by atoms with Crippen LogP contribution in [0.15, 0.2) is 72.2 Å². The highest BCUT2D eigenvalue weighted by atomic mass is 35.5. The van der Waals surface area contributed by atoms with E-state index in [1.54, 1.807) is 6.20 Å². The van der Waals surface area contributed by atoms with E-state index in [0.717, 1.165) is 37.0 Å². The molecule has 0 amide bonds. The van der Waals surface area contributed by atoms with Gasteiger partial charge in [-0.05, 0) is 42.2 Å². The second-order valence-electron chi connectivity index (χ2n) is 6.56. The largest absolute Gasteiger partial charge is 0.357 e. The first-order chi connectivity index (χ1) is 13.7. The van der Waals surface area contributed by atoms with Crippen LogP contribution in [-0.4, -0.2) is 28.6 Å². The van der Waals surface area contributed by atoms with E-state index >= 15 is 0 Å². The molecule has 0 saturated heterocycles. The molecule has 0 unspecified atom stereocenters. The molecule has 3 rings (SSSR count). The van der Waals surface area contributed by atoms with E-state index < -0.39 is 0 Å². The Morgan fingerprint density at radius 1 is 1.07 bits per heavy atom. The van der Waals surface area contributed by atoms with Gasteiger partial charge in [-0.3, -0.25) is 0 Å². The van der Waals surface area contributed by atoms with Crippen LogP contribution in [0.5, 0.6) is 0 Å². The van der Waals surface area contributed by atoms with Gasteiger partial charge < -0.3 is 15.2 Å². The van der Waals surface area contributed by atoms with Crippen LogP contribution in [0.25, 0.3) is 0 Å². The van der Waals surface area contributed by atoms with Gasteiger partial charge in [-0.1, -0.05) is 48.0 Å². The zero-order valence-corrected chi connectivity index (χ0v) is 16.9. The topological polar surface area (TPSA) is 54.2 Å². The summed E-state index contributed by atoms with van der Waals surface area (Å²) in [6.07, 6.45) is 6.49. The molecule has 0 saturated carbocycles. The summed E-state index contributed by atoms with van der Waals surface area (Å²) >= 11 is 6.05. The Labute approximate surface area is 171 Å². The summed E-state index contributed by atoms with van der Waals surface area (Å²) in [6.45, 7) is 5.14. The summed E-state index contributed by atoms with van der Waals surface area (Å²) in [7, 11) is 0. The zero-order valence-electron chi connectivity index (χ0n) is 16.1. The van der Waals surface area contributed by atoms with E-state index in [0.29, 0.717) is 6.54 Å². The molecule has 0 aliphatic carbocycles. The highest BCUT2D eigenvalue weighted by molar-refractivity contribution is 6.30. The number of rotatable bonds is 8. The number of imidazole rings is 1. The number of hydrogen-bond donors (Lipinski definition) is 2. The molecule has 1 aromatic heterocycles. The molecule has 2 N–H and O–H groups in total. The molecule has 6 heteroatoms. The lowest BCUT2D eigenvalue weighted by atomic mass is 10.1. The number of hydrogen-bond acceptors (Lipinski definition) is 2. The third-order valence-electron chi connectivity index (χ3n) is 4.27. The summed E-state index contributed by atoms with van der Waals surface area (Å²) in [6, 6.07) is 16.5. The van der Waals surface area contributed by atoms with Crippen molar-refractivity contribution in [2.45, 2.75) is 26.4 Å². The molecule has 0 spiro atoms. The van der Waals surface area contributed by atoms with Crippen molar-refractivity contribution in [1.82, 2.24) is 20.2 Å². The summed E-state index contributed by atoms with van der Waals surface area (Å²) in [5, 5.41) is 7.47. The SMILES string of the molecule is CCNC(=NCc1cccc(Cn2ccnc2)c1)NCCc1cccc(Cl)c1. The Hall–Kier alpha value is -2.79. The van der Waals surface area contributed by atoms with Crippen molar-refractivity contribution < 1.29 is 0 Å². The van der Waals surface area contributed by atoms with Crippen LogP contribution < -0.4 is 10.6 Å². The molecule has 28 heavy (non-hydrogen) atoms. The van der Waals surface area contributed by atoms with E-state index in [9.17, 15) is 0 Å². The van der Waals surface area contributed by atoms with E-state index in [1.807, 2.05) is 30.7 Å².